The molecule has 1 amide bonds. The summed E-state index contributed by atoms with van der Waals surface area (Å²) >= 11 is 0. The van der Waals surface area contributed by atoms with E-state index in [0.29, 0.717) is 32.0 Å². The van der Waals surface area contributed by atoms with Crippen molar-refractivity contribution in [1.29, 1.82) is 0 Å². The predicted octanol–water partition coefficient (Wildman–Crippen LogP) is 0.564. The Kier molecular flexibility index (Phi) is 5.04. The first kappa shape index (κ1) is 15.7. The Morgan fingerprint density at radius 1 is 1.30 bits per heavy atom. The van der Waals surface area contributed by atoms with Gasteiger partial charge in [-0.25, -0.2) is 0 Å². The van der Waals surface area contributed by atoms with E-state index in [0.717, 1.165) is 25.8 Å². The van der Waals surface area contributed by atoms with E-state index in [1.54, 1.807) is 4.90 Å². The fourth-order valence-corrected chi connectivity index (χ4v) is 4.24. The van der Waals surface area contributed by atoms with Crippen LogP contribution in [0.25, 0.3) is 0 Å². The standard InChI is InChI=1S/C13H25N3O3S/c1-11-5-8-16(9-6-11)20(18,19)14-12(2)10-15-7-3-4-13(15)17/h11-12,14H,3-10H2,1-2H3. The van der Waals surface area contributed by atoms with Crippen LogP contribution in [0.1, 0.15) is 39.5 Å². The lowest BCUT2D eigenvalue weighted by Crippen LogP contribution is -2.50. The second-order valence-corrected chi connectivity index (χ2v) is 7.75. The monoisotopic (exact) mass is 303 g/mol. The van der Waals surface area contributed by atoms with Gasteiger partial charge in [-0.2, -0.15) is 17.4 Å². The van der Waals surface area contributed by atoms with Gasteiger partial charge in [0.05, 0.1) is 0 Å². The van der Waals surface area contributed by atoms with Crippen molar-refractivity contribution in [3.63, 3.8) is 0 Å². The van der Waals surface area contributed by atoms with Gasteiger partial charge in [-0.05, 0) is 32.1 Å². The number of rotatable bonds is 5. The first-order chi connectivity index (χ1) is 9.38. The minimum absolute atomic E-state index is 0.128. The molecule has 2 heterocycles. The Hall–Kier alpha value is -0.660. The number of hydrogen-bond acceptors (Lipinski definition) is 3. The smallest absolute Gasteiger partial charge is 0.279 e. The van der Waals surface area contributed by atoms with Crippen LogP contribution < -0.4 is 4.72 Å². The van der Waals surface area contributed by atoms with Crippen molar-refractivity contribution in [2.24, 2.45) is 5.92 Å². The van der Waals surface area contributed by atoms with Gasteiger partial charge in [0, 0.05) is 38.6 Å². The SMILES string of the molecule is CC1CCN(S(=O)(=O)NC(C)CN2CCCC2=O)CC1. The maximum atomic E-state index is 12.3. The molecule has 116 valence electrons. The van der Waals surface area contributed by atoms with Gasteiger partial charge in [0.2, 0.25) is 5.91 Å². The average molecular weight is 303 g/mol. The summed E-state index contributed by atoms with van der Waals surface area (Å²) in [6.45, 7) is 6.35. The lowest BCUT2D eigenvalue weighted by Gasteiger charge is -2.31. The van der Waals surface area contributed by atoms with Crippen LogP contribution >= 0.6 is 0 Å². The van der Waals surface area contributed by atoms with Gasteiger partial charge < -0.3 is 4.90 Å². The molecule has 7 heteroatoms. The van der Waals surface area contributed by atoms with Crippen molar-refractivity contribution in [3.8, 4) is 0 Å². The highest BCUT2D eigenvalue weighted by atomic mass is 32.2. The van der Waals surface area contributed by atoms with Gasteiger partial charge in [0.25, 0.3) is 10.2 Å². The molecular weight excluding hydrogens is 278 g/mol. The molecule has 1 N–H and O–H groups in total. The zero-order valence-electron chi connectivity index (χ0n) is 12.3. The first-order valence-corrected chi connectivity index (χ1v) is 8.87. The third-order valence-electron chi connectivity index (χ3n) is 4.10. The van der Waals surface area contributed by atoms with Gasteiger partial charge in [-0.1, -0.05) is 6.92 Å². The Balaban J connectivity index is 1.85. The summed E-state index contributed by atoms with van der Waals surface area (Å²) in [5, 5.41) is 0. The largest absolute Gasteiger partial charge is 0.341 e. The molecule has 2 aliphatic heterocycles. The highest BCUT2D eigenvalue weighted by molar-refractivity contribution is 7.87. The van der Waals surface area contributed by atoms with E-state index in [-0.39, 0.29) is 11.9 Å². The van der Waals surface area contributed by atoms with Crippen molar-refractivity contribution in [2.45, 2.75) is 45.6 Å². The second kappa shape index (κ2) is 6.41. The highest BCUT2D eigenvalue weighted by Gasteiger charge is 2.29. The van der Waals surface area contributed by atoms with Gasteiger partial charge in [-0.3, -0.25) is 4.79 Å². The molecule has 2 rings (SSSR count). The van der Waals surface area contributed by atoms with Gasteiger partial charge >= 0.3 is 0 Å². The fraction of sp³-hybridized carbons (Fsp3) is 0.923. The molecular formula is C13H25N3O3S. The predicted molar refractivity (Wildman–Crippen MR) is 77.3 cm³/mol. The maximum absolute atomic E-state index is 12.3. The van der Waals surface area contributed by atoms with Crippen LogP contribution in [0.3, 0.4) is 0 Å². The number of likely N-dealkylation sites (tertiary alicyclic amines) is 1. The van der Waals surface area contributed by atoms with Crippen molar-refractivity contribution < 1.29 is 13.2 Å². The fourth-order valence-electron chi connectivity index (χ4n) is 2.82. The third kappa shape index (κ3) is 3.93. The minimum Gasteiger partial charge on any atom is -0.341 e. The number of carbonyl (C=O) groups excluding carboxylic acids is 1. The van der Waals surface area contributed by atoms with Crippen LogP contribution in [0.2, 0.25) is 0 Å². The van der Waals surface area contributed by atoms with Gasteiger partial charge in [0.1, 0.15) is 0 Å². The molecule has 0 aliphatic carbocycles. The van der Waals surface area contributed by atoms with E-state index in [1.807, 2.05) is 6.92 Å². The molecule has 0 radical (unpaired) electrons. The molecule has 2 fully saturated rings. The highest BCUT2D eigenvalue weighted by Crippen LogP contribution is 2.18. The molecule has 2 aliphatic rings. The Bertz CT molecular complexity index is 444. The van der Waals surface area contributed by atoms with Gasteiger partial charge in [-0.15, -0.1) is 0 Å². The van der Waals surface area contributed by atoms with Crippen LogP contribution in [0.4, 0.5) is 0 Å². The number of nitrogens with one attached hydrogen (secondary N) is 1. The van der Waals surface area contributed by atoms with Gasteiger partial charge in [0.15, 0.2) is 0 Å². The van der Waals surface area contributed by atoms with Crippen LogP contribution in [-0.2, 0) is 15.0 Å². The van der Waals surface area contributed by atoms with Crippen molar-refractivity contribution in [1.82, 2.24) is 13.9 Å². The van der Waals surface area contributed by atoms with Crippen molar-refractivity contribution in [2.75, 3.05) is 26.2 Å². The molecule has 0 bridgehead atoms. The Morgan fingerprint density at radius 3 is 2.50 bits per heavy atom. The Labute approximate surface area is 121 Å². The average Bonchev–Trinajstić information content (AvgIpc) is 2.74. The molecule has 0 spiro atoms. The summed E-state index contributed by atoms with van der Waals surface area (Å²) in [5.74, 6) is 0.726. The summed E-state index contributed by atoms with van der Waals surface area (Å²) < 4.78 is 28.8. The summed E-state index contributed by atoms with van der Waals surface area (Å²) in [6.07, 6.45) is 3.30. The number of carbonyl (C=O) groups is 1. The normalized spacial score (nSPS) is 24.3. The zero-order chi connectivity index (χ0) is 14.8. The van der Waals surface area contributed by atoms with Crippen LogP contribution in [-0.4, -0.2) is 55.8 Å². The Morgan fingerprint density at radius 2 is 1.95 bits per heavy atom. The number of piperidine rings is 1. The molecule has 0 aromatic carbocycles. The number of amides is 1. The first-order valence-electron chi connectivity index (χ1n) is 7.43. The van der Waals surface area contributed by atoms with E-state index in [4.69, 9.17) is 0 Å². The topological polar surface area (TPSA) is 69.7 Å². The van der Waals surface area contributed by atoms with Crippen LogP contribution in [0.5, 0.6) is 0 Å². The zero-order valence-corrected chi connectivity index (χ0v) is 13.2. The van der Waals surface area contributed by atoms with E-state index in [9.17, 15) is 13.2 Å². The molecule has 6 nitrogen and oxygen atoms in total. The lowest BCUT2D eigenvalue weighted by atomic mass is 10.0. The molecule has 0 aromatic heterocycles. The molecule has 1 unspecified atom stereocenters. The number of nitrogens with zero attached hydrogens (tertiary/aromatic N) is 2. The summed E-state index contributed by atoms with van der Waals surface area (Å²) in [5.41, 5.74) is 0. The summed E-state index contributed by atoms with van der Waals surface area (Å²) in [7, 11) is -3.42. The van der Waals surface area contributed by atoms with Crippen LogP contribution in [0, 0.1) is 5.92 Å². The number of hydrogen-bond donors (Lipinski definition) is 1. The maximum Gasteiger partial charge on any atom is 0.279 e. The third-order valence-corrected chi connectivity index (χ3v) is 5.84. The van der Waals surface area contributed by atoms with E-state index in [1.165, 1.54) is 4.31 Å². The lowest BCUT2D eigenvalue weighted by molar-refractivity contribution is -0.127. The quantitative estimate of drug-likeness (QED) is 0.807. The van der Waals surface area contributed by atoms with E-state index >= 15 is 0 Å². The van der Waals surface area contributed by atoms with E-state index in [2.05, 4.69) is 11.6 Å². The molecule has 1 atom stereocenters. The molecule has 20 heavy (non-hydrogen) atoms. The molecule has 2 saturated heterocycles. The van der Waals surface area contributed by atoms with Crippen molar-refractivity contribution in [3.05, 3.63) is 0 Å². The summed E-state index contributed by atoms with van der Waals surface area (Å²) in [6, 6.07) is -0.249. The van der Waals surface area contributed by atoms with E-state index < -0.39 is 10.2 Å². The summed E-state index contributed by atoms with van der Waals surface area (Å²) in [4.78, 5) is 13.3. The van der Waals surface area contributed by atoms with Crippen LogP contribution in [0.15, 0.2) is 0 Å². The molecule has 0 aromatic rings. The second-order valence-electron chi connectivity index (χ2n) is 6.05. The van der Waals surface area contributed by atoms with Crippen molar-refractivity contribution >= 4 is 16.1 Å². The minimum atomic E-state index is -3.42. The molecule has 0 saturated carbocycles.